The number of benzene rings is 3. The number of aliphatic hydroxyl groups is 2. The fourth-order valence-electron chi connectivity index (χ4n) is 9.27. The Morgan fingerprint density at radius 3 is 2.37 bits per heavy atom. The first kappa shape index (κ1) is 51.3. The molecule has 3 aromatic rings. The molecule has 0 aromatic heterocycles. The second-order valence-electron chi connectivity index (χ2n) is 18.3. The van der Waals surface area contributed by atoms with Gasteiger partial charge in [0.25, 0.3) is 11.7 Å². The number of methoxy groups -OCH3 is 2. The van der Waals surface area contributed by atoms with E-state index in [2.05, 4.69) is 10.2 Å². The highest BCUT2D eigenvalue weighted by atomic mass is 16.7. The van der Waals surface area contributed by atoms with E-state index in [0.29, 0.717) is 26.2 Å². The molecule has 7 rings (SSSR count). The molecule has 1 fully saturated rings. The lowest BCUT2D eigenvalue weighted by Gasteiger charge is -2.38. The smallest absolute Gasteiger partial charge is 0.312 e. The molecule has 6 N–H and O–H groups in total. The predicted octanol–water partition coefficient (Wildman–Crippen LogP) is 6.30. The van der Waals surface area contributed by atoms with Gasteiger partial charge >= 0.3 is 11.8 Å². The quantitative estimate of drug-likeness (QED) is 0.0661. The largest absolute Gasteiger partial charge is 0.507 e. The number of phenolic OH excluding ortho intramolecular Hbond substituents is 3. The fourth-order valence-corrected chi connectivity index (χ4v) is 9.27. The molecule has 0 spiro atoms. The van der Waals surface area contributed by atoms with Crippen molar-refractivity contribution in [1.29, 1.82) is 0 Å². The second-order valence-corrected chi connectivity index (χ2v) is 18.3. The number of ketones is 1. The number of hydrogen-bond donors (Lipinski definition) is 6. The number of carbonyl (C=O) groups excluding carboxylic acids is 3. The average Bonchev–Trinajstić information content (AvgIpc) is 3.41. The van der Waals surface area contributed by atoms with Crippen LogP contribution in [0.15, 0.2) is 65.5 Å². The fraction of sp³-hybridized carbons (Fsp3) is 0.490. The van der Waals surface area contributed by atoms with Crippen LogP contribution in [0.4, 0.5) is 5.69 Å². The Bertz CT molecular complexity index is 2500. The number of nitrogens with one attached hydrogen (secondary N) is 1. The van der Waals surface area contributed by atoms with E-state index >= 15 is 0 Å². The highest BCUT2D eigenvalue weighted by molar-refractivity contribution is 6.23. The molecule has 1 saturated heterocycles. The molecule has 5 bridgehead atoms. The van der Waals surface area contributed by atoms with Crippen molar-refractivity contribution in [3.63, 3.8) is 0 Å². The molecule has 3 aromatic carbocycles. The number of fused-ring (bicyclic) bond motifs is 14. The summed E-state index contributed by atoms with van der Waals surface area (Å²) in [6.07, 6.45) is 5.60. The molecule has 0 radical (unpaired) electrons. The van der Waals surface area contributed by atoms with Gasteiger partial charge in [-0.25, -0.2) is 0 Å². The van der Waals surface area contributed by atoms with Crippen LogP contribution in [0.5, 0.6) is 28.7 Å². The van der Waals surface area contributed by atoms with E-state index in [4.69, 9.17) is 28.8 Å². The summed E-state index contributed by atoms with van der Waals surface area (Å²) in [6.45, 7) is 15.7. The van der Waals surface area contributed by atoms with Crippen molar-refractivity contribution in [2.75, 3.05) is 45.7 Å². The molecule has 4 aliphatic heterocycles. The molecule has 68 heavy (non-hydrogen) atoms. The highest BCUT2D eigenvalue weighted by Gasteiger charge is 2.50. The third kappa shape index (κ3) is 10.6. The van der Waals surface area contributed by atoms with Gasteiger partial charge in [0.15, 0.2) is 5.75 Å². The minimum atomic E-state index is -2.07. The number of allylic oxidation sites excluding steroid dienone is 2. The Kier molecular flexibility index (Phi) is 16.2. The zero-order chi connectivity index (χ0) is 49.8. The summed E-state index contributed by atoms with van der Waals surface area (Å²) in [5.41, 5.74) is 0.689. The summed E-state index contributed by atoms with van der Waals surface area (Å²) < 4.78 is 29.2. The zero-order valence-corrected chi connectivity index (χ0v) is 40.5. The van der Waals surface area contributed by atoms with Gasteiger partial charge < -0.3 is 54.5 Å². The number of hydrogen-bond acceptors (Lipinski definition) is 16. The summed E-state index contributed by atoms with van der Waals surface area (Å²) in [7, 11) is 3.07. The zero-order valence-electron chi connectivity index (χ0n) is 40.5. The number of ether oxygens (including phenoxy) is 5. The number of aromatic hydroxyl groups is 3. The van der Waals surface area contributed by atoms with Crippen LogP contribution >= 0.6 is 0 Å². The third-order valence-electron chi connectivity index (χ3n) is 13.5. The Labute approximate surface area is 397 Å². The van der Waals surface area contributed by atoms with Crippen LogP contribution in [0.25, 0.3) is 10.8 Å². The van der Waals surface area contributed by atoms with E-state index in [9.17, 15) is 39.9 Å². The molecule has 4 heterocycles. The lowest BCUT2D eigenvalue weighted by atomic mass is 9.78. The molecule has 9 atom stereocenters. The number of aliphatic hydroxyl groups excluding tert-OH is 2. The summed E-state index contributed by atoms with van der Waals surface area (Å²) in [5.74, 6) is -7.72. The first-order chi connectivity index (χ1) is 32.2. The van der Waals surface area contributed by atoms with Crippen molar-refractivity contribution in [2.45, 2.75) is 98.6 Å². The predicted molar refractivity (Wildman–Crippen MR) is 256 cm³/mol. The van der Waals surface area contributed by atoms with Crippen molar-refractivity contribution < 1.29 is 63.6 Å². The number of amides is 1. The SMILES string of the molecule is COc1cccc(CN2CCCN(/N=C/c3c4c(O)c5c(O)c(C)c6c(c5c3O)C(=O)[C@@](C)(O/C=C/[C@H](OC)[C@@H](C)[C@@H](OC(C)=O)[C@H](C)[C@H](O)[C@H](C)[C@@H](O)[C@@H](C)/C=C/C=C(/C)C(=O)N4)O6)CC2)c1. The summed E-state index contributed by atoms with van der Waals surface area (Å²) >= 11 is 0. The Balaban J connectivity index is 1.45. The van der Waals surface area contributed by atoms with E-state index in [1.165, 1.54) is 59.4 Å². The maximum Gasteiger partial charge on any atom is 0.312 e. The van der Waals surface area contributed by atoms with Crippen molar-refractivity contribution in [3.05, 3.63) is 82.7 Å². The molecule has 0 aliphatic carbocycles. The lowest BCUT2D eigenvalue weighted by Crippen LogP contribution is -2.46. The van der Waals surface area contributed by atoms with Crippen molar-refractivity contribution >= 4 is 40.3 Å². The van der Waals surface area contributed by atoms with E-state index < -0.39 is 88.8 Å². The van der Waals surface area contributed by atoms with Crippen LogP contribution in [0, 0.1) is 30.6 Å². The molecule has 0 unspecified atom stereocenters. The van der Waals surface area contributed by atoms with Crippen molar-refractivity contribution in [3.8, 4) is 28.7 Å². The minimum absolute atomic E-state index is 0.0473. The first-order valence-electron chi connectivity index (χ1n) is 22.9. The topological polar surface area (TPSA) is 229 Å². The van der Waals surface area contributed by atoms with Gasteiger partial charge in [0.2, 0.25) is 0 Å². The van der Waals surface area contributed by atoms with Crippen molar-refractivity contribution in [1.82, 2.24) is 9.91 Å². The van der Waals surface area contributed by atoms with Crippen LogP contribution in [-0.4, -0.2) is 130 Å². The highest BCUT2D eigenvalue weighted by Crippen LogP contribution is 2.55. The molecule has 0 saturated carbocycles. The third-order valence-corrected chi connectivity index (χ3v) is 13.5. The van der Waals surface area contributed by atoms with E-state index in [-0.39, 0.29) is 44.5 Å². The number of anilines is 1. The molecule has 17 nitrogen and oxygen atoms in total. The second kappa shape index (κ2) is 21.4. The molecule has 1 amide bonds. The number of Topliss-reactive ketones (excluding diaryl/α,β-unsaturated/α-hetero) is 1. The Morgan fingerprint density at radius 1 is 0.941 bits per heavy atom. The van der Waals surface area contributed by atoms with Gasteiger partial charge in [-0.2, -0.15) is 5.10 Å². The standard InChI is InChI=1S/C51H66N4O13/c1-27-14-11-15-28(2)50(63)53-41-36(25-52-55-20-13-19-54(21-22-55)26-34-16-12-17-35(24-34)64-9)45(60)38-39(46(41)61)44(59)32(6)48-40(38)49(62)51(8,68-48)66-23-18-37(65-10)29(3)47(67-33(7)56)31(5)43(58)30(4)42(27)57/h11-12,14-18,23-25,27,29-31,37,42-43,47,57-61H,13,19-22,26H2,1-10H3,(H,53,63)/b14-11+,23-18+,28-15-,52-25+/t27-,29+,30+,31+,37-,42-,43+,47+,51-/m0/s1. The van der Waals surface area contributed by atoms with Crippen LogP contribution in [0.1, 0.15) is 81.9 Å². The number of phenols is 3. The monoisotopic (exact) mass is 942 g/mol. The van der Waals surface area contributed by atoms with E-state index in [1.807, 2.05) is 29.3 Å². The summed E-state index contributed by atoms with van der Waals surface area (Å²) in [6, 6.07) is 7.88. The maximum absolute atomic E-state index is 14.6. The van der Waals surface area contributed by atoms with Gasteiger partial charge in [0.1, 0.15) is 29.1 Å². The van der Waals surface area contributed by atoms with Gasteiger partial charge in [-0.3, -0.25) is 24.3 Å². The van der Waals surface area contributed by atoms with Gasteiger partial charge in [0, 0.05) is 93.9 Å². The first-order valence-corrected chi connectivity index (χ1v) is 22.9. The van der Waals surface area contributed by atoms with Gasteiger partial charge in [-0.05, 0) is 44.0 Å². The van der Waals surface area contributed by atoms with Gasteiger partial charge in [0.05, 0.1) is 60.1 Å². The van der Waals surface area contributed by atoms with E-state index in [1.54, 1.807) is 47.0 Å². The summed E-state index contributed by atoms with van der Waals surface area (Å²) in [4.78, 5) is 43.3. The molecule has 368 valence electrons. The number of carbonyl (C=O) groups is 3. The van der Waals surface area contributed by atoms with Gasteiger partial charge in [-0.15, -0.1) is 0 Å². The Morgan fingerprint density at radius 2 is 1.68 bits per heavy atom. The van der Waals surface area contributed by atoms with Crippen LogP contribution in [-0.2, 0) is 30.3 Å². The van der Waals surface area contributed by atoms with Crippen LogP contribution in [0.3, 0.4) is 0 Å². The average molecular weight is 943 g/mol. The number of rotatable bonds is 7. The van der Waals surface area contributed by atoms with Gasteiger partial charge in [-0.1, -0.05) is 58.1 Å². The molecular formula is C51H66N4O13. The molecule has 17 heteroatoms. The Hall–Kier alpha value is -6.14. The minimum Gasteiger partial charge on any atom is -0.507 e. The number of nitrogens with zero attached hydrogens (tertiary/aromatic N) is 3. The number of hydrazone groups is 1. The van der Waals surface area contributed by atoms with Crippen LogP contribution < -0.4 is 14.8 Å². The summed E-state index contributed by atoms with van der Waals surface area (Å²) in [5, 5.41) is 67.9. The number of esters is 1. The lowest BCUT2D eigenvalue weighted by molar-refractivity contribution is -0.160. The molecule has 4 aliphatic rings. The van der Waals surface area contributed by atoms with E-state index in [0.717, 1.165) is 24.3 Å². The van der Waals surface area contributed by atoms with Crippen molar-refractivity contribution in [2.24, 2.45) is 28.8 Å². The molecular weight excluding hydrogens is 877 g/mol. The van der Waals surface area contributed by atoms with Crippen LogP contribution in [0.2, 0.25) is 0 Å². The maximum atomic E-state index is 14.6. The normalized spacial score (nSPS) is 29.5.